The standard InChI is InChI=1S/C17H18N2O4/c1-10(20)14(11(2)21)9-18-15-7-5-6-8-16(15)19-17(12(3)22)13(4)23/h5-9,20H,1-4H3/b14-10-,18-9?. The topological polar surface area (TPSA) is 96.2 Å². The lowest BCUT2D eigenvalue weighted by Gasteiger charge is -2.03. The SMILES string of the molecule is CC(=O)C(=Nc1ccccc1N=C/C(C(C)=O)=C(\C)O)C(C)=O. The van der Waals surface area contributed by atoms with Gasteiger partial charge in [-0.1, -0.05) is 12.1 Å². The third-order valence-corrected chi connectivity index (χ3v) is 2.88. The molecule has 0 atom stereocenters. The molecule has 0 aliphatic heterocycles. The Kier molecular flexibility index (Phi) is 6.26. The fraction of sp³-hybridized carbons (Fsp3) is 0.235. The Morgan fingerprint density at radius 2 is 1.43 bits per heavy atom. The van der Waals surface area contributed by atoms with Crippen LogP contribution in [0, 0.1) is 0 Å². The number of allylic oxidation sites excluding steroid dienone is 2. The van der Waals surface area contributed by atoms with Gasteiger partial charge in [0.15, 0.2) is 17.3 Å². The van der Waals surface area contributed by atoms with Crippen LogP contribution in [0.5, 0.6) is 0 Å². The second-order valence-electron chi connectivity index (χ2n) is 4.87. The van der Waals surface area contributed by atoms with Crippen LogP contribution in [-0.4, -0.2) is 34.4 Å². The number of benzene rings is 1. The maximum atomic E-state index is 11.5. The van der Waals surface area contributed by atoms with Gasteiger partial charge >= 0.3 is 0 Å². The molecule has 0 unspecified atom stereocenters. The van der Waals surface area contributed by atoms with Gasteiger partial charge in [0.25, 0.3) is 0 Å². The molecule has 1 aromatic rings. The second kappa shape index (κ2) is 7.93. The van der Waals surface area contributed by atoms with Crippen LogP contribution in [0.3, 0.4) is 0 Å². The van der Waals surface area contributed by atoms with Crippen LogP contribution in [-0.2, 0) is 14.4 Å². The van der Waals surface area contributed by atoms with E-state index in [1.54, 1.807) is 24.3 Å². The Bertz CT molecular complexity index is 723. The highest BCUT2D eigenvalue weighted by atomic mass is 16.3. The molecule has 0 aliphatic carbocycles. The molecular formula is C17H18N2O4. The molecule has 0 amide bonds. The molecule has 0 saturated carbocycles. The van der Waals surface area contributed by atoms with Crippen LogP contribution < -0.4 is 0 Å². The van der Waals surface area contributed by atoms with Gasteiger partial charge in [-0.05, 0) is 26.0 Å². The van der Waals surface area contributed by atoms with E-state index in [0.717, 1.165) is 0 Å². The number of aliphatic hydroxyl groups is 1. The van der Waals surface area contributed by atoms with E-state index >= 15 is 0 Å². The highest BCUT2D eigenvalue weighted by Crippen LogP contribution is 2.27. The summed E-state index contributed by atoms with van der Waals surface area (Å²) in [5.41, 5.74) is 0.589. The molecule has 6 nitrogen and oxygen atoms in total. The van der Waals surface area contributed by atoms with Crippen molar-refractivity contribution in [2.45, 2.75) is 27.7 Å². The zero-order valence-electron chi connectivity index (χ0n) is 13.5. The lowest BCUT2D eigenvalue weighted by molar-refractivity contribution is -0.115. The Labute approximate surface area is 134 Å². The summed E-state index contributed by atoms with van der Waals surface area (Å²) in [6.07, 6.45) is 1.23. The molecule has 0 aliphatic rings. The number of aliphatic imine (C=N–C) groups is 2. The summed E-state index contributed by atoms with van der Waals surface area (Å²) in [7, 11) is 0. The second-order valence-corrected chi connectivity index (χ2v) is 4.87. The number of Topliss-reactive ketones (excluding diaryl/α,β-unsaturated/α-hetero) is 3. The minimum atomic E-state index is -0.438. The fourth-order valence-electron chi connectivity index (χ4n) is 1.77. The fourth-order valence-corrected chi connectivity index (χ4v) is 1.77. The molecule has 120 valence electrons. The smallest absolute Gasteiger partial charge is 0.181 e. The average Bonchev–Trinajstić information content (AvgIpc) is 2.44. The minimum absolute atomic E-state index is 0.0714. The van der Waals surface area contributed by atoms with Gasteiger partial charge in [-0.15, -0.1) is 0 Å². The molecule has 1 rings (SSSR count). The molecule has 0 bridgehead atoms. The van der Waals surface area contributed by atoms with Gasteiger partial charge in [-0.2, -0.15) is 0 Å². The normalized spacial score (nSPS) is 11.8. The van der Waals surface area contributed by atoms with Gasteiger partial charge in [-0.25, -0.2) is 4.99 Å². The van der Waals surface area contributed by atoms with Gasteiger partial charge in [0, 0.05) is 20.1 Å². The quantitative estimate of drug-likeness (QED) is 0.378. The molecular weight excluding hydrogens is 296 g/mol. The van der Waals surface area contributed by atoms with E-state index in [-0.39, 0.29) is 22.8 Å². The van der Waals surface area contributed by atoms with E-state index in [0.29, 0.717) is 11.4 Å². The first-order valence-electron chi connectivity index (χ1n) is 6.88. The van der Waals surface area contributed by atoms with E-state index in [4.69, 9.17) is 0 Å². The summed E-state index contributed by atoms with van der Waals surface area (Å²) in [5, 5.41) is 9.47. The van der Waals surface area contributed by atoms with Crippen molar-refractivity contribution in [2.24, 2.45) is 9.98 Å². The maximum Gasteiger partial charge on any atom is 0.181 e. The minimum Gasteiger partial charge on any atom is -0.512 e. The Morgan fingerprint density at radius 3 is 1.87 bits per heavy atom. The number of para-hydroxylation sites is 2. The van der Waals surface area contributed by atoms with E-state index in [1.807, 2.05) is 0 Å². The molecule has 0 fully saturated rings. The summed E-state index contributed by atoms with van der Waals surface area (Å²) >= 11 is 0. The molecule has 0 heterocycles. The first kappa shape index (κ1) is 18.2. The number of aliphatic hydroxyl groups excluding tert-OH is 1. The first-order chi connectivity index (χ1) is 10.7. The predicted octanol–water partition coefficient (Wildman–Crippen LogP) is 3.06. The first-order valence-corrected chi connectivity index (χ1v) is 6.88. The number of rotatable bonds is 6. The van der Waals surface area contributed by atoms with Gasteiger partial charge in [0.2, 0.25) is 0 Å². The Hall–Kier alpha value is -2.89. The molecule has 6 heteroatoms. The molecule has 0 saturated heterocycles. The van der Waals surface area contributed by atoms with Crippen LogP contribution in [0.15, 0.2) is 45.6 Å². The third kappa shape index (κ3) is 5.10. The highest BCUT2D eigenvalue weighted by molar-refractivity contribution is 6.65. The Balaban J connectivity index is 3.35. The van der Waals surface area contributed by atoms with E-state index in [1.165, 1.54) is 33.9 Å². The van der Waals surface area contributed by atoms with Crippen LogP contribution in [0.1, 0.15) is 27.7 Å². The lowest BCUT2D eigenvalue weighted by Crippen LogP contribution is -2.18. The number of ketones is 3. The van der Waals surface area contributed by atoms with Gasteiger partial charge in [0.1, 0.15) is 11.5 Å². The van der Waals surface area contributed by atoms with Crippen molar-refractivity contribution < 1.29 is 19.5 Å². The van der Waals surface area contributed by atoms with Crippen LogP contribution in [0.25, 0.3) is 0 Å². The molecule has 0 radical (unpaired) electrons. The number of carbonyl (C=O) groups excluding carboxylic acids is 3. The molecule has 1 aromatic carbocycles. The summed E-state index contributed by atoms with van der Waals surface area (Å²) in [4.78, 5) is 42.6. The van der Waals surface area contributed by atoms with Gasteiger partial charge in [-0.3, -0.25) is 19.4 Å². The van der Waals surface area contributed by atoms with Crippen molar-refractivity contribution in [1.29, 1.82) is 0 Å². The zero-order valence-corrected chi connectivity index (χ0v) is 13.5. The number of nitrogens with zero attached hydrogens (tertiary/aromatic N) is 2. The Morgan fingerprint density at radius 1 is 0.913 bits per heavy atom. The third-order valence-electron chi connectivity index (χ3n) is 2.88. The van der Waals surface area contributed by atoms with Gasteiger partial charge < -0.3 is 5.11 Å². The van der Waals surface area contributed by atoms with Crippen molar-refractivity contribution >= 4 is 40.7 Å². The van der Waals surface area contributed by atoms with Crippen LogP contribution in [0.2, 0.25) is 0 Å². The number of hydrogen-bond acceptors (Lipinski definition) is 6. The van der Waals surface area contributed by atoms with Crippen molar-refractivity contribution in [2.75, 3.05) is 0 Å². The summed E-state index contributed by atoms with van der Waals surface area (Å²) in [6.45, 7) is 5.22. The molecule has 0 aromatic heterocycles. The molecule has 0 spiro atoms. The monoisotopic (exact) mass is 314 g/mol. The van der Waals surface area contributed by atoms with Crippen LogP contribution in [0.4, 0.5) is 11.4 Å². The summed E-state index contributed by atoms with van der Waals surface area (Å²) in [5.74, 6) is -1.35. The maximum absolute atomic E-state index is 11.5. The van der Waals surface area contributed by atoms with Crippen molar-refractivity contribution in [3.05, 3.63) is 35.6 Å². The molecule has 1 N–H and O–H groups in total. The largest absolute Gasteiger partial charge is 0.512 e. The zero-order chi connectivity index (χ0) is 17.6. The van der Waals surface area contributed by atoms with E-state index in [9.17, 15) is 19.5 Å². The summed E-state index contributed by atoms with van der Waals surface area (Å²) < 4.78 is 0. The average molecular weight is 314 g/mol. The number of hydrogen-bond donors (Lipinski definition) is 1. The molecule has 23 heavy (non-hydrogen) atoms. The summed E-state index contributed by atoms with van der Waals surface area (Å²) in [6, 6.07) is 6.61. The van der Waals surface area contributed by atoms with Crippen molar-refractivity contribution in [3.63, 3.8) is 0 Å². The van der Waals surface area contributed by atoms with Crippen molar-refractivity contribution in [1.82, 2.24) is 0 Å². The van der Waals surface area contributed by atoms with E-state index in [2.05, 4.69) is 9.98 Å². The number of carbonyl (C=O) groups is 3. The van der Waals surface area contributed by atoms with Crippen molar-refractivity contribution in [3.8, 4) is 0 Å². The van der Waals surface area contributed by atoms with Gasteiger partial charge in [0.05, 0.1) is 16.9 Å². The predicted molar refractivity (Wildman–Crippen MR) is 89.1 cm³/mol. The van der Waals surface area contributed by atoms with Crippen LogP contribution >= 0.6 is 0 Å². The van der Waals surface area contributed by atoms with E-state index < -0.39 is 11.6 Å². The highest BCUT2D eigenvalue weighted by Gasteiger charge is 2.13. The lowest BCUT2D eigenvalue weighted by atomic mass is 10.1.